The lowest BCUT2D eigenvalue weighted by molar-refractivity contribution is -0.139. The molecule has 1 heterocycles. The Morgan fingerprint density at radius 3 is 2.16 bits per heavy atom. The first-order chi connectivity index (χ1) is 21.3. The first kappa shape index (κ1) is 32.8. The summed E-state index contributed by atoms with van der Waals surface area (Å²) in [6.45, 7) is 1.05. The Balaban J connectivity index is 0.000000245. The highest BCUT2D eigenvalue weighted by Gasteiger charge is 2.38. The predicted molar refractivity (Wildman–Crippen MR) is 158 cm³/mol. The first-order valence-electron chi connectivity index (χ1n) is 13.4. The fourth-order valence-corrected chi connectivity index (χ4v) is 4.95. The quantitative estimate of drug-likeness (QED) is 0.183. The van der Waals surface area contributed by atoms with Gasteiger partial charge in [0.15, 0.2) is 0 Å². The standard InChI is InChI=1S/C23H18F3NO2.C10H9F2NO3/c1-13-5-3-7-16-15(13)6-4-8-17(16)20-21(23(24,25)26)18-11-14(12-28)9-10-19(18)27(2)22(20)29;1-16-8(14)5-13-10(15)9-6(11)3-2-4-7(9)12/h3-11,28H,12H2,1-2H3;2-4H,5H2,1H3,(H,13,15). The van der Waals surface area contributed by atoms with E-state index in [1.165, 1.54) is 29.8 Å². The normalized spacial score (nSPS) is 11.2. The maximum Gasteiger partial charge on any atom is 0.417 e. The molecule has 5 aromatic rings. The van der Waals surface area contributed by atoms with Crippen molar-refractivity contribution in [3.8, 4) is 11.1 Å². The number of rotatable bonds is 5. The van der Waals surface area contributed by atoms with E-state index in [1.807, 2.05) is 24.4 Å². The van der Waals surface area contributed by atoms with E-state index in [-0.39, 0.29) is 22.0 Å². The number of carbonyl (C=O) groups is 2. The summed E-state index contributed by atoms with van der Waals surface area (Å²) in [5.41, 5.74) is -1.10. The fraction of sp³-hybridized carbons (Fsp3) is 0.182. The highest BCUT2D eigenvalue weighted by atomic mass is 19.4. The van der Waals surface area contributed by atoms with Crippen molar-refractivity contribution in [2.75, 3.05) is 13.7 Å². The number of alkyl halides is 3. The molecule has 0 fully saturated rings. The van der Waals surface area contributed by atoms with E-state index < -0.39 is 59.5 Å². The lowest BCUT2D eigenvalue weighted by Gasteiger charge is -2.19. The topological polar surface area (TPSA) is 97.6 Å². The number of hydrogen-bond donors (Lipinski definition) is 2. The van der Waals surface area contributed by atoms with Crippen LogP contribution in [-0.4, -0.2) is 35.2 Å². The molecular weight excluding hydrogens is 599 g/mol. The maximum atomic E-state index is 14.3. The summed E-state index contributed by atoms with van der Waals surface area (Å²) in [6, 6.07) is 17.7. The van der Waals surface area contributed by atoms with Gasteiger partial charge in [-0.15, -0.1) is 0 Å². The molecule has 234 valence electrons. The van der Waals surface area contributed by atoms with Gasteiger partial charge in [-0.3, -0.25) is 14.4 Å². The molecule has 0 bridgehead atoms. The number of benzene rings is 4. The number of ether oxygens (including phenoxy) is 1. The molecule has 45 heavy (non-hydrogen) atoms. The van der Waals surface area contributed by atoms with Gasteiger partial charge in [-0.05, 0) is 58.7 Å². The second-order valence-corrected chi connectivity index (χ2v) is 9.95. The molecule has 12 heteroatoms. The number of aliphatic hydroxyl groups excluding tert-OH is 1. The SMILES string of the molecule is COC(=O)CNC(=O)c1c(F)cccc1F.Cc1cccc2c(-c3c(C(F)(F)F)c4cc(CO)ccc4n(C)c3=O)cccc12. The summed E-state index contributed by atoms with van der Waals surface area (Å²) >= 11 is 0. The fourth-order valence-electron chi connectivity index (χ4n) is 4.95. The number of carbonyl (C=O) groups excluding carboxylic acids is 2. The molecule has 0 aliphatic carbocycles. The molecule has 0 saturated heterocycles. The molecule has 5 rings (SSSR count). The van der Waals surface area contributed by atoms with Crippen LogP contribution in [0.15, 0.2) is 77.6 Å². The monoisotopic (exact) mass is 626 g/mol. The lowest BCUT2D eigenvalue weighted by Crippen LogP contribution is -2.31. The molecule has 0 atom stereocenters. The summed E-state index contributed by atoms with van der Waals surface area (Å²) in [5.74, 6) is -3.67. The highest BCUT2D eigenvalue weighted by molar-refractivity contribution is 6.01. The van der Waals surface area contributed by atoms with Crippen molar-refractivity contribution in [2.24, 2.45) is 7.05 Å². The molecule has 1 aromatic heterocycles. The highest BCUT2D eigenvalue weighted by Crippen LogP contribution is 2.42. The van der Waals surface area contributed by atoms with Crippen molar-refractivity contribution in [3.05, 3.63) is 117 Å². The van der Waals surface area contributed by atoms with Crippen molar-refractivity contribution in [2.45, 2.75) is 19.7 Å². The van der Waals surface area contributed by atoms with Crippen LogP contribution in [0.1, 0.15) is 27.0 Å². The van der Waals surface area contributed by atoms with Crippen LogP contribution < -0.4 is 10.9 Å². The van der Waals surface area contributed by atoms with Crippen molar-refractivity contribution >= 4 is 33.6 Å². The predicted octanol–water partition coefficient (Wildman–Crippen LogP) is 6.05. The molecule has 0 aliphatic rings. The number of aromatic nitrogens is 1. The Morgan fingerprint density at radius 2 is 1.53 bits per heavy atom. The number of methoxy groups -OCH3 is 1. The number of nitrogens with one attached hydrogen (secondary N) is 1. The van der Waals surface area contributed by atoms with Gasteiger partial charge in [0.1, 0.15) is 23.7 Å². The van der Waals surface area contributed by atoms with Crippen molar-refractivity contribution < 1.29 is 41.4 Å². The Morgan fingerprint density at radius 1 is 0.911 bits per heavy atom. The number of fused-ring (bicyclic) bond motifs is 2. The minimum atomic E-state index is -4.75. The number of aliphatic hydroxyl groups is 1. The van der Waals surface area contributed by atoms with E-state index in [2.05, 4.69) is 4.74 Å². The maximum absolute atomic E-state index is 14.3. The van der Waals surface area contributed by atoms with Crippen LogP contribution in [0.5, 0.6) is 0 Å². The Bertz CT molecular complexity index is 1970. The minimum absolute atomic E-state index is 0.106. The van der Waals surface area contributed by atoms with Gasteiger partial charge in [0, 0.05) is 12.4 Å². The number of aryl methyl sites for hydroxylation is 2. The number of esters is 1. The van der Waals surface area contributed by atoms with Crippen molar-refractivity contribution in [1.82, 2.24) is 9.88 Å². The smallest absolute Gasteiger partial charge is 0.417 e. The van der Waals surface area contributed by atoms with Gasteiger partial charge in [0.2, 0.25) is 0 Å². The number of amides is 1. The minimum Gasteiger partial charge on any atom is -0.468 e. The molecule has 0 saturated carbocycles. The zero-order valence-electron chi connectivity index (χ0n) is 24.3. The van der Waals surface area contributed by atoms with Gasteiger partial charge >= 0.3 is 12.1 Å². The van der Waals surface area contributed by atoms with Gasteiger partial charge in [-0.2, -0.15) is 13.2 Å². The Hall–Kier alpha value is -5.10. The molecule has 1 amide bonds. The zero-order chi connectivity index (χ0) is 33.1. The number of hydrogen-bond acceptors (Lipinski definition) is 5. The second-order valence-electron chi connectivity index (χ2n) is 9.95. The van der Waals surface area contributed by atoms with Crippen LogP contribution in [-0.2, 0) is 29.4 Å². The molecule has 2 N–H and O–H groups in total. The third-order valence-electron chi connectivity index (χ3n) is 7.15. The van der Waals surface area contributed by atoms with Gasteiger partial charge < -0.3 is 19.7 Å². The van der Waals surface area contributed by atoms with E-state index in [9.17, 15) is 41.4 Å². The number of pyridine rings is 1. The van der Waals surface area contributed by atoms with Crippen LogP contribution >= 0.6 is 0 Å². The molecule has 0 spiro atoms. The summed E-state index contributed by atoms with van der Waals surface area (Å²) in [5, 5.41) is 12.7. The van der Waals surface area contributed by atoms with E-state index in [4.69, 9.17) is 0 Å². The first-order valence-corrected chi connectivity index (χ1v) is 13.4. The van der Waals surface area contributed by atoms with Crippen molar-refractivity contribution in [1.29, 1.82) is 0 Å². The third kappa shape index (κ3) is 6.70. The van der Waals surface area contributed by atoms with Crippen LogP contribution in [0, 0.1) is 18.6 Å². The Labute approximate surface area is 253 Å². The van der Waals surface area contributed by atoms with Crippen LogP contribution in [0.25, 0.3) is 32.8 Å². The average Bonchev–Trinajstić information content (AvgIpc) is 3.01. The molecule has 7 nitrogen and oxygen atoms in total. The van der Waals surface area contributed by atoms with Crippen LogP contribution in [0.4, 0.5) is 22.0 Å². The number of halogens is 5. The molecule has 4 aromatic carbocycles. The summed E-state index contributed by atoms with van der Waals surface area (Å²) in [4.78, 5) is 35.1. The largest absolute Gasteiger partial charge is 0.468 e. The van der Waals surface area contributed by atoms with E-state index >= 15 is 0 Å². The third-order valence-corrected chi connectivity index (χ3v) is 7.15. The van der Waals surface area contributed by atoms with Crippen molar-refractivity contribution in [3.63, 3.8) is 0 Å². The van der Waals surface area contributed by atoms with E-state index in [0.29, 0.717) is 10.9 Å². The average molecular weight is 627 g/mol. The molecule has 0 radical (unpaired) electrons. The van der Waals surface area contributed by atoms with Gasteiger partial charge in [0.25, 0.3) is 11.5 Å². The van der Waals surface area contributed by atoms with Crippen LogP contribution in [0.2, 0.25) is 0 Å². The number of nitrogens with zero attached hydrogens (tertiary/aromatic N) is 1. The molecule has 0 aliphatic heterocycles. The zero-order valence-corrected chi connectivity index (χ0v) is 24.3. The Kier molecular flexibility index (Phi) is 9.67. The molecule has 0 unspecified atom stereocenters. The second kappa shape index (κ2) is 13.3. The van der Waals surface area contributed by atoms with Gasteiger partial charge in [-0.1, -0.05) is 48.5 Å². The van der Waals surface area contributed by atoms with Gasteiger partial charge in [-0.25, -0.2) is 8.78 Å². The summed E-state index contributed by atoms with van der Waals surface area (Å²) in [7, 11) is 2.60. The lowest BCUT2D eigenvalue weighted by atomic mass is 9.91. The molecular formula is C33H27F5N2O5. The van der Waals surface area contributed by atoms with Gasteiger partial charge in [0.05, 0.1) is 30.4 Å². The summed E-state index contributed by atoms with van der Waals surface area (Å²) in [6.07, 6.45) is -4.75. The van der Waals surface area contributed by atoms with Crippen LogP contribution in [0.3, 0.4) is 0 Å². The van der Waals surface area contributed by atoms with E-state index in [0.717, 1.165) is 36.3 Å². The summed E-state index contributed by atoms with van der Waals surface area (Å²) < 4.78 is 74.5. The van der Waals surface area contributed by atoms with E-state index in [1.54, 1.807) is 24.3 Å².